The average molecular weight is 352 g/mol. The summed E-state index contributed by atoms with van der Waals surface area (Å²) in [7, 11) is 1.60. The van der Waals surface area contributed by atoms with Crippen LogP contribution < -0.4 is 10.5 Å². The van der Waals surface area contributed by atoms with Crippen LogP contribution in [0, 0.1) is 13.8 Å². The van der Waals surface area contributed by atoms with Gasteiger partial charge in [0.05, 0.1) is 7.11 Å². The Labute approximate surface area is 126 Å². The van der Waals surface area contributed by atoms with Gasteiger partial charge in [0.15, 0.2) is 0 Å². The molecule has 0 spiro atoms. The standard InChI is InChI=1S/C14H20BrF2NO2/c1-8-6-10(15)9(2)13(14(8)19-3)11(18)4-5-20-7-12(16)17/h6,11-12H,4-5,7,18H2,1-3H3. The normalized spacial score (nSPS) is 12.8. The van der Waals surface area contributed by atoms with E-state index in [0.29, 0.717) is 6.42 Å². The molecule has 3 nitrogen and oxygen atoms in total. The van der Waals surface area contributed by atoms with Crippen LogP contribution in [0.3, 0.4) is 0 Å². The lowest BCUT2D eigenvalue weighted by atomic mass is 9.96. The van der Waals surface area contributed by atoms with Crippen molar-refractivity contribution < 1.29 is 18.3 Å². The predicted octanol–water partition coefficient (Wildman–Crippen LogP) is 3.75. The van der Waals surface area contributed by atoms with E-state index in [1.165, 1.54) is 0 Å². The van der Waals surface area contributed by atoms with Crippen LogP contribution in [0.4, 0.5) is 8.78 Å². The van der Waals surface area contributed by atoms with E-state index in [2.05, 4.69) is 15.9 Å². The minimum absolute atomic E-state index is 0.194. The highest BCUT2D eigenvalue weighted by molar-refractivity contribution is 9.10. The highest BCUT2D eigenvalue weighted by atomic mass is 79.9. The molecule has 20 heavy (non-hydrogen) atoms. The van der Waals surface area contributed by atoms with E-state index < -0.39 is 13.0 Å². The molecule has 0 aliphatic heterocycles. The molecule has 1 rings (SSSR count). The maximum Gasteiger partial charge on any atom is 0.261 e. The third kappa shape index (κ3) is 4.40. The zero-order chi connectivity index (χ0) is 15.3. The van der Waals surface area contributed by atoms with Crippen LogP contribution in [0.25, 0.3) is 0 Å². The highest BCUT2D eigenvalue weighted by Crippen LogP contribution is 2.36. The zero-order valence-electron chi connectivity index (χ0n) is 11.9. The van der Waals surface area contributed by atoms with Crippen LogP contribution in [0.15, 0.2) is 10.5 Å². The van der Waals surface area contributed by atoms with Crippen LogP contribution in [-0.4, -0.2) is 26.7 Å². The first-order chi connectivity index (χ1) is 9.38. The molecule has 6 heteroatoms. The first-order valence-corrected chi connectivity index (χ1v) is 7.12. The number of methoxy groups -OCH3 is 1. The fraction of sp³-hybridized carbons (Fsp3) is 0.571. The summed E-state index contributed by atoms with van der Waals surface area (Å²) < 4.78 is 35.2. The van der Waals surface area contributed by atoms with E-state index in [0.717, 1.165) is 26.9 Å². The maximum absolute atomic E-state index is 12.0. The molecule has 1 unspecified atom stereocenters. The van der Waals surface area contributed by atoms with Gasteiger partial charge in [-0.05, 0) is 37.5 Å². The summed E-state index contributed by atoms with van der Waals surface area (Å²) in [6.45, 7) is 3.52. The number of benzene rings is 1. The van der Waals surface area contributed by atoms with Gasteiger partial charge in [0, 0.05) is 22.7 Å². The number of halogens is 3. The molecular formula is C14H20BrF2NO2. The second kappa shape index (κ2) is 7.90. The maximum atomic E-state index is 12.0. The van der Waals surface area contributed by atoms with Crippen LogP contribution in [0.2, 0.25) is 0 Å². The van der Waals surface area contributed by atoms with Crippen molar-refractivity contribution in [1.82, 2.24) is 0 Å². The van der Waals surface area contributed by atoms with Crippen molar-refractivity contribution in [1.29, 1.82) is 0 Å². The van der Waals surface area contributed by atoms with Crippen LogP contribution >= 0.6 is 15.9 Å². The molecule has 0 fully saturated rings. The van der Waals surface area contributed by atoms with E-state index in [-0.39, 0.29) is 12.6 Å². The molecule has 2 N–H and O–H groups in total. The number of ether oxygens (including phenoxy) is 2. The van der Waals surface area contributed by atoms with Gasteiger partial charge in [0.1, 0.15) is 12.4 Å². The summed E-state index contributed by atoms with van der Waals surface area (Å²) in [5.41, 5.74) is 9.02. The lowest BCUT2D eigenvalue weighted by Gasteiger charge is -2.21. The van der Waals surface area contributed by atoms with Gasteiger partial charge >= 0.3 is 0 Å². The van der Waals surface area contributed by atoms with Crippen molar-refractivity contribution in [2.45, 2.75) is 32.7 Å². The highest BCUT2D eigenvalue weighted by Gasteiger charge is 2.19. The Hall–Kier alpha value is -0.720. The van der Waals surface area contributed by atoms with Gasteiger partial charge in [0.2, 0.25) is 0 Å². The number of rotatable bonds is 7. The van der Waals surface area contributed by atoms with Gasteiger partial charge in [0.25, 0.3) is 6.43 Å². The Morgan fingerprint density at radius 1 is 1.35 bits per heavy atom. The third-order valence-corrected chi connectivity index (χ3v) is 3.92. The van der Waals surface area contributed by atoms with Crippen molar-refractivity contribution in [3.63, 3.8) is 0 Å². The van der Waals surface area contributed by atoms with Gasteiger partial charge < -0.3 is 15.2 Å². The first-order valence-electron chi connectivity index (χ1n) is 6.33. The molecule has 0 saturated carbocycles. The topological polar surface area (TPSA) is 44.5 Å². The molecule has 114 valence electrons. The quantitative estimate of drug-likeness (QED) is 0.761. The largest absolute Gasteiger partial charge is 0.496 e. The first kappa shape index (κ1) is 17.3. The monoisotopic (exact) mass is 351 g/mol. The van der Waals surface area contributed by atoms with Crippen molar-refractivity contribution >= 4 is 15.9 Å². The second-order valence-corrected chi connectivity index (χ2v) is 5.46. The van der Waals surface area contributed by atoms with E-state index in [9.17, 15) is 8.78 Å². The van der Waals surface area contributed by atoms with E-state index >= 15 is 0 Å². The SMILES string of the molecule is COc1c(C)cc(Br)c(C)c1C(N)CCOCC(F)F. The molecule has 0 aromatic heterocycles. The summed E-state index contributed by atoms with van der Waals surface area (Å²) in [5.74, 6) is 0.743. The third-order valence-electron chi connectivity index (χ3n) is 3.10. The Balaban J connectivity index is 2.83. The summed E-state index contributed by atoms with van der Waals surface area (Å²) in [4.78, 5) is 0. The number of aryl methyl sites for hydroxylation is 1. The Morgan fingerprint density at radius 3 is 2.55 bits per heavy atom. The predicted molar refractivity (Wildman–Crippen MR) is 78.5 cm³/mol. The summed E-state index contributed by atoms with van der Waals surface area (Å²) in [6, 6.07) is 1.65. The lowest BCUT2D eigenvalue weighted by Crippen LogP contribution is -2.17. The fourth-order valence-electron chi connectivity index (χ4n) is 2.12. The van der Waals surface area contributed by atoms with E-state index in [4.69, 9.17) is 15.2 Å². The molecule has 0 saturated heterocycles. The Bertz CT molecular complexity index is 455. The number of hydrogen-bond acceptors (Lipinski definition) is 3. The molecule has 0 amide bonds. The van der Waals surface area contributed by atoms with Gasteiger partial charge in [-0.2, -0.15) is 0 Å². The second-order valence-electron chi connectivity index (χ2n) is 4.61. The van der Waals surface area contributed by atoms with Crippen molar-refractivity contribution in [3.05, 3.63) is 27.2 Å². The fourth-order valence-corrected chi connectivity index (χ4v) is 2.68. The summed E-state index contributed by atoms with van der Waals surface area (Å²) in [5, 5.41) is 0. The molecular weight excluding hydrogens is 332 g/mol. The van der Waals surface area contributed by atoms with Gasteiger partial charge in [-0.3, -0.25) is 0 Å². The van der Waals surface area contributed by atoms with Gasteiger partial charge in [-0.15, -0.1) is 0 Å². The van der Waals surface area contributed by atoms with Crippen LogP contribution in [0.5, 0.6) is 5.75 Å². The lowest BCUT2D eigenvalue weighted by molar-refractivity contribution is 0.0152. The van der Waals surface area contributed by atoms with E-state index in [1.54, 1.807) is 7.11 Å². The van der Waals surface area contributed by atoms with E-state index in [1.807, 2.05) is 19.9 Å². The minimum atomic E-state index is -2.45. The number of alkyl halides is 2. The number of hydrogen-bond donors (Lipinski definition) is 1. The Kier molecular flexibility index (Phi) is 6.85. The summed E-state index contributed by atoms with van der Waals surface area (Å²) in [6.07, 6.45) is -1.99. The van der Waals surface area contributed by atoms with Gasteiger partial charge in [-0.1, -0.05) is 15.9 Å². The van der Waals surface area contributed by atoms with Crippen LogP contribution in [-0.2, 0) is 4.74 Å². The molecule has 1 atom stereocenters. The van der Waals surface area contributed by atoms with Crippen LogP contribution in [0.1, 0.15) is 29.2 Å². The van der Waals surface area contributed by atoms with Gasteiger partial charge in [-0.25, -0.2) is 8.78 Å². The molecule has 0 aliphatic carbocycles. The summed E-state index contributed by atoms with van der Waals surface area (Å²) >= 11 is 3.49. The number of nitrogens with two attached hydrogens (primary N) is 1. The molecule has 0 heterocycles. The molecule has 0 radical (unpaired) electrons. The molecule has 0 bridgehead atoms. The van der Waals surface area contributed by atoms with Crippen molar-refractivity contribution in [2.24, 2.45) is 5.73 Å². The van der Waals surface area contributed by atoms with Crippen molar-refractivity contribution in [3.8, 4) is 5.75 Å². The Morgan fingerprint density at radius 2 is 2.00 bits per heavy atom. The molecule has 1 aromatic rings. The molecule has 0 aliphatic rings. The minimum Gasteiger partial charge on any atom is -0.496 e. The smallest absolute Gasteiger partial charge is 0.261 e. The average Bonchev–Trinajstić information content (AvgIpc) is 2.38. The zero-order valence-corrected chi connectivity index (χ0v) is 13.5. The van der Waals surface area contributed by atoms with Crippen molar-refractivity contribution in [2.75, 3.05) is 20.3 Å². The molecule has 1 aromatic carbocycles.